The van der Waals surface area contributed by atoms with Gasteiger partial charge in [-0.1, -0.05) is 17.7 Å². The van der Waals surface area contributed by atoms with Crippen molar-refractivity contribution in [2.24, 2.45) is 0 Å². The van der Waals surface area contributed by atoms with E-state index in [4.69, 9.17) is 8.92 Å². The Morgan fingerprint density at radius 2 is 1.75 bits per heavy atom. The average molecular weight is 304 g/mol. The second-order valence-electron chi connectivity index (χ2n) is 4.61. The molecule has 0 spiro atoms. The molecule has 4 atom stereocenters. The topological polar surface area (TPSA) is 113 Å². The molecular formula is C12H16O7S. The first-order valence-corrected chi connectivity index (χ1v) is 7.38. The predicted octanol–water partition coefficient (Wildman–Crippen LogP) is -0.861. The summed E-state index contributed by atoms with van der Waals surface area (Å²) >= 11 is 0. The van der Waals surface area contributed by atoms with Crippen LogP contribution in [0.3, 0.4) is 0 Å². The first-order chi connectivity index (χ1) is 9.31. The number of hydrogen-bond donors (Lipinski definition) is 3. The van der Waals surface area contributed by atoms with Crippen LogP contribution in [0.4, 0.5) is 0 Å². The zero-order chi connectivity index (χ0) is 14.9. The molecule has 0 bridgehead atoms. The highest BCUT2D eigenvalue weighted by Crippen LogP contribution is 2.21. The number of hydrogen-bond acceptors (Lipinski definition) is 7. The molecule has 3 N–H and O–H groups in total. The minimum atomic E-state index is -4.08. The van der Waals surface area contributed by atoms with Crippen LogP contribution in [0.1, 0.15) is 5.56 Å². The van der Waals surface area contributed by atoms with Crippen molar-refractivity contribution in [2.75, 3.05) is 6.61 Å². The number of aryl methyl sites for hydroxylation is 1. The highest BCUT2D eigenvalue weighted by molar-refractivity contribution is 7.86. The maximum atomic E-state index is 12.0. The van der Waals surface area contributed by atoms with Gasteiger partial charge < -0.3 is 20.1 Å². The Hall–Kier alpha value is -1.03. The summed E-state index contributed by atoms with van der Waals surface area (Å²) in [5.74, 6) is 0. The standard InChI is InChI=1S/C12H16O7S/c1-7-2-4-8(5-3-7)20(16,17)19-9-6-18-12(15)11(14)10(9)13/h2-5,9-15H,6H2,1H3/t9-,10+,11-,12-/m1/s1. The summed E-state index contributed by atoms with van der Waals surface area (Å²) in [6.07, 6.45) is -6.02. The van der Waals surface area contributed by atoms with Crippen LogP contribution in [0.5, 0.6) is 0 Å². The first-order valence-electron chi connectivity index (χ1n) is 5.97. The largest absolute Gasteiger partial charge is 0.387 e. The van der Waals surface area contributed by atoms with Crippen LogP contribution in [0.2, 0.25) is 0 Å². The number of rotatable bonds is 3. The smallest absolute Gasteiger partial charge is 0.297 e. The van der Waals surface area contributed by atoms with Crippen molar-refractivity contribution in [3.05, 3.63) is 29.8 Å². The van der Waals surface area contributed by atoms with Gasteiger partial charge in [0.1, 0.15) is 18.3 Å². The molecule has 0 aromatic heterocycles. The van der Waals surface area contributed by atoms with Crippen molar-refractivity contribution in [1.82, 2.24) is 0 Å². The second kappa shape index (κ2) is 5.76. The van der Waals surface area contributed by atoms with Gasteiger partial charge in [-0.3, -0.25) is 4.18 Å². The summed E-state index contributed by atoms with van der Waals surface area (Å²) in [4.78, 5) is -0.0593. The summed E-state index contributed by atoms with van der Waals surface area (Å²) < 4.78 is 33.6. The van der Waals surface area contributed by atoms with E-state index >= 15 is 0 Å². The van der Waals surface area contributed by atoms with Gasteiger partial charge in [0.2, 0.25) is 0 Å². The third-order valence-electron chi connectivity index (χ3n) is 3.01. The van der Waals surface area contributed by atoms with Gasteiger partial charge in [0.05, 0.1) is 11.5 Å². The van der Waals surface area contributed by atoms with Crippen LogP contribution in [0, 0.1) is 6.92 Å². The Morgan fingerprint density at radius 1 is 1.15 bits per heavy atom. The van der Waals surface area contributed by atoms with E-state index in [-0.39, 0.29) is 11.5 Å². The monoisotopic (exact) mass is 304 g/mol. The summed E-state index contributed by atoms with van der Waals surface area (Å²) in [6.45, 7) is 1.47. The highest BCUT2D eigenvalue weighted by Gasteiger charge is 2.40. The van der Waals surface area contributed by atoms with Crippen molar-refractivity contribution in [3.63, 3.8) is 0 Å². The Bertz CT molecular complexity index is 554. The fourth-order valence-electron chi connectivity index (χ4n) is 1.79. The fraction of sp³-hybridized carbons (Fsp3) is 0.500. The lowest BCUT2D eigenvalue weighted by Gasteiger charge is -2.34. The molecule has 1 aromatic carbocycles. The molecule has 1 heterocycles. The van der Waals surface area contributed by atoms with E-state index in [9.17, 15) is 23.7 Å². The molecule has 8 heteroatoms. The molecule has 1 fully saturated rings. The number of ether oxygens (including phenoxy) is 1. The summed E-state index contributed by atoms with van der Waals surface area (Å²) in [5.41, 5.74) is 0.892. The molecule has 0 saturated carbocycles. The zero-order valence-electron chi connectivity index (χ0n) is 10.7. The molecule has 0 radical (unpaired) electrons. The van der Waals surface area contributed by atoms with Crippen molar-refractivity contribution < 1.29 is 32.7 Å². The number of aliphatic hydroxyl groups is 3. The van der Waals surface area contributed by atoms with Crippen LogP contribution >= 0.6 is 0 Å². The van der Waals surface area contributed by atoms with Gasteiger partial charge in [-0.25, -0.2) is 0 Å². The molecule has 1 aliphatic heterocycles. The van der Waals surface area contributed by atoms with Crippen molar-refractivity contribution in [3.8, 4) is 0 Å². The Kier molecular flexibility index (Phi) is 4.43. The van der Waals surface area contributed by atoms with Gasteiger partial charge >= 0.3 is 0 Å². The maximum absolute atomic E-state index is 12.0. The molecule has 0 aliphatic carbocycles. The van der Waals surface area contributed by atoms with Gasteiger partial charge in [0, 0.05) is 0 Å². The molecule has 0 amide bonds. The van der Waals surface area contributed by atoms with Crippen LogP contribution < -0.4 is 0 Å². The fourth-order valence-corrected chi connectivity index (χ4v) is 2.86. The molecular weight excluding hydrogens is 288 g/mol. The summed E-state index contributed by atoms with van der Waals surface area (Å²) in [5, 5.41) is 28.3. The quantitative estimate of drug-likeness (QED) is 0.623. The minimum Gasteiger partial charge on any atom is -0.387 e. The normalized spacial score (nSPS) is 31.2. The lowest BCUT2D eigenvalue weighted by Crippen LogP contribution is -2.54. The zero-order valence-corrected chi connectivity index (χ0v) is 11.5. The molecule has 7 nitrogen and oxygen atoms in total. The van der Waals surface area contributed by atoms with Gasteiger partial charge in [-0.15, -0.1) is 0 Å². The molecule has 1 aliphatic rings. The van der Waals surface area contributed by atoms with Crippen LogP contribution in [-0.2, 0) is 19.0 Å². The third-order valence-corrected chi connectivity index (χ3v) is 4.36. The molecule has 1 aromatic rings. The van der Waals surface area contributed by atoms with E-state index in [0.29, 0.717) is 0 Å². The Labute approximate surface area is 116 Å². The Balaban J connectivity index is 2.14. The van der Waals surface area contributed by atoms with Crippen molar-refractivity contribution in [1.29, 1.82) is 0 Å². The van der Waals surface area contributed by atoms with E-state index in [1.165, 1.54) is 12.1 Å². The minimum absolute atomic E-state index is 0.0593. The van der Waals surface area contributed by atoms with Gasteiger partial charge in [0.15, 0.2) is 6.29 Å². The lowest BCUT2D eigenvalue weighted by molar-refractivity contribution is -0.247. The molecule has 20 heavy (non-hydrogen) atoms. The molecule has 112 valence electrons. The van der Waals surface area contributed by atoms with E-state index in [1.807, 2.05) is 6.92 Å². The van der Waals surface area contributed by atoms with Crippen LogP contribution in [0.25, 0.3) is 0 Å². The molecule has 2 rings (SSSR count). The van der Waals surface area contributed by atoms with Crippen LogP contribution in [0.15, 0.2) is 29.2 Å². The summed E-state index contributed by atoms with van der Waals surface area (Å²) in [7, 11) is -4.08. The Morgan fingerprint density at radius 3 is 2.35 bits per heavy atom. The van der Waals surface area contributed by atoms with E-state index in [0.717, 1.165) is 5.56 Å². The lowest BCUT2D eigenvalue weighted by atomic mass is 10.1. The average Bonchev–Trinajstić information content (AvgIpc) is 2.40. The second-order valence-corrected chi connectivity index (χ2v) is 6.18. The predicted molar refractivity (Wildman–Crippen MR) is 67.2 cm³/mol. The van der Waals surface area contributed by atoms with Crippen LogP contribution in [-0.4, -0.2) is 54.9 Å². The SMILES string of the molecule is Cc1ccc(S(=O)(=O)O[C@@H]2CO[C@@H](O)[C@H](O)[C@H]2O)cc1. The van der Waals surface area contributed by atoms with E-state index in [1.54, 1.807) is 12.1 Å². The number of benzene rings is 1. The molecule has 0 unspecified atom stereocenters. The number of aliphatic hydroxyl groups excluding tert-OH is 3. The van der Waals surface area contributed by atoms with E-state index < -0.39 is 34.7 Å². The van der Waals surface area contributed by atoms with Gasteiger partial charge in [0.25, 0.3) is 10.1 Å². The molecule has 1 saturated heterocycles. The van der Waals surface area contributed by atoms with Gasteiger partial charge in [-0.05, 0) is 19.1 Å². The maximum Gasteiger partial charge on any atom is 0.297 e. The van der Waals surface area contributed by atoms with E-state index in [2.05, 4.69) is 0 Å². The highest BCUT2D eigenvalue weighted by atomic mass is 32.2. The van der Waals surface area contributed by atoms with Crippen molar-refractivity contribution in [2.45, 2.75) is 36.4 Å². The third kappa shape index (κ3) is 3.17. The van der Waals surface area contributed by atoms with Gasteiger partial charge in [-0.2, -0.15) is 8.42 Å². The first kappa shape index (κ1) is 15.4. The van der Waals surface area contributed by atoms with Crippen molar-refractivity contribution >= 4 is 10.1 Å². The summed E-state index contributed by atoms with van der Waals surface area (Å²) in [6, 6.07) is 5.99.